The molecule has 0 aliphatic heterocycles. The van der Waals surface area contributed by atoms with Gasteiger partial charge in [-0.25, -0.2) is 0 Å². The molecule has 3 N–H and O–H groups in total. The van der Waals surface area contributed by atoms with Crippen LogP contribution in [0.4, 0.5) is 5.69 Å². The van der Waals surface area contributed by atoms with E-state index >= 15 is 0 Å². The second-order valence-corrected chi connectivity index (χ2v) is 6.84. The first-order chi connectivity index (χ1) is 9.00. The molecule has 0 aromatic heterocycles. The molecule has 1 saturated carbocycles. The van der Waals surface area contributed by atoms with Crippen molar-refractivity contribution in [2.75, 3.05) is 5.32 Å². The van der Waals surface area contributed by atoms with Crippen molar-refractivity contribution in [1.82, 2.24) is 0 Å². The Morgan fingerprint density at radius 3 is 2.79 bits per heavy atom. The van der Waals surface area contributed by atoms with Gasteiger partial charge in [-0.3, -0.25) is 0 Å². The Kier molecular flexibility index (Phi) is 4.85. The fraction of sp³-hybridized carbons (Fsp3) is 0.533. The summed E-state index contributed by atoms with van der Waals surface area (Å²) in [5, 5.41) is 3.65. The van der Waals surface area contributed by atoms with Crippen LogP contribution < -0.4 is 11.1 Å². The van der Waals surface area contributed by atoms with Crippen molar-refractivity contribution in [3.63, 3.8) is 0 Å². The van der Waals surface area contributed by atoms with Gasteiger partial charge in [0.15, 0.2) is 0 Å². The number of nitrogens with two attached hydrogens (primary N) is 1. The van der Waals surface area contributed by atoms with Crippen LogP contribution in [0.2, 0.25) is 0 Å². The third-order valence-corrected chi connectivity index (χ3v) is 5.17. The van der Waals surface area contributed by atoms with Crippen LogP contribution >= 0.6 is 28.1 Å². The van der Waals surface area contributed by atoms with Crippen LogP contribution in [0.15, 0.2) is 22.7 Å². The number of anilines is 1. The Morgan fingerprint density at radius 1 is 1.37 bits per heavy atom. The molecule has 2 nitrogen and oxygen atoms in total. The summed E-state index contributed by atoms with van der Waals surface area (Å²) in [7, 11) is 0. The molecule has 0 amide bonds. The lowest BCUT2D eigenvalue weighted by molar-refractivity contribution is 0.253. The highest BCUT2D eigenvalue weighted by Gasteiger charge is 2.27. The zero-order chi connectivity index (χ0) is 14.0. The molecule has 2 rings (SSSR count). The number of hydrogen-bond donors (Lipinski definition) is 2. The van der Waals surface area contributed by atoms with E-state index in [0.29, 0.717) is 16.9 Å². The summed E-state index contributed by atoms with van der Waals surface area (Å²) in [5.74, 6) is 1.44. The van der Waals surface area contributed by atoms with Crippen molar-refractivity contribution in [1.29, 1.82) is 0 Å². The molecule has 4 heteroatoms. The molecule has 3 unspecified atom stereocenters. The van der Waals surface area contributed by atoms with E-state index in [1.165, 1.54) is 19.3 Å². The van der Waals surface area contributed by atoms with E-state index in [2.05, 4.69) is 41.2 Å². The van der Waals surface area contributed by atoms with Crippen LogP contribution in [0.3, 0.4) is 0 Å². The van der Waals surface area contributed by atoms with Gasteiger partial charge in [-0.15, -0.1) is 0 Å². The first kappa shape index (κ1) is 14.8. The Balaban J connectivity index is 2.23. The summed E-state index contributed by atoms with van der Waals surface area (Å²) in [4.78, 5) is 0.437. The van der Waals surface area contributed by atoms with E-state index in [-0.39, 0.29) is 0 Å². The Bertz CT molecular complexity index is 475. The van der Waals surface area contributed by atoms with Crippen molar-refractivity contribution >= 4 is 38.8 Å². The van der Waals surface area contributed by atoms with Gasteiger partial charge in [-0.2, -0.15) is 0 Å². The summed E-state index contributed by atoms with van der Waals surface area (Å²) >= 11 is 8.70. The number of rotatable bonds is 3. The summed E-state index contributed by atoms with van der Waals surface area (Å²) in [6, 6.07) is 6.56. The van der Waals surface area contributed by atoms with Crippen molar-refractivity contribution in [2.24, 2.45) is 17.6 Å². The molecular formula is C15H21BrN2S. The van der Waals surface area contributed by atoms with E-state index in [1.54, 1.807) is 0 Å². The predicted octanol–water partition coefficient (Wildman–Crippen LogP) is 4.32. The van der Waals surface area contributed by atoms with Gasteiger partial charge in [-0.05, 0) is 46.3 Å². The highest BCUT2D eigenvalue weighted by molar-refractivity contribution is 9.10. The molecule has 1 aromatic rings. The van der Waals surface area contributed by atoms with E-state index in [4.69, 9.17) is 18.0 Å². The van der Waals surface area contributed by atoms with Gasteiger partial charge in [0.1, 0.15) is 4.99 Å². The number of benzene rings is 1. The van der Waals surface area contributed by atoms with Gasteiger partial charge in [0, 0.05) is 21.8 Å². The van der Waals surface area contributed by atoms with Crippen LogP contribution in [0.25, 0.3) is 0 Å². The standard InChI is InChI=1S/C15H21BrN2S/c1-9-5-3-7-12(10(9)2)18-13-8-4-6-11(16)14(13)15(17)19/h4,6,8-10,12,18H,3,5,7H2,1-2H3,(H2,17,19). The molecule has 0 bridgehead atoms. The second-order valence-electron chi connectivity index (χ2n) is 5.54. The minimum atomic E-state index is 0.437. The average Bonchev–Trinajstić information content (AvgIpc) is 2.34. The van der Waals surface area contributed by atoms with Crippen LogP contribution in [-0.2, 0) is 0 Å². The van der Waals surface area contributed by atoms with Crippen LogP contribution in [0.5, 0.6) is 0 Å². The third-order valence-electron chi connectivity index (χ3n) is 4.31. The quantitative estimate of drug-likeness (QED) is 0.804. The number of thiocarbonyl (C=S) groups is 1. The third kappa shape index (κ3) is 3.29. The van der Waals surface area contributed by atoms with E-state index in [9.17, 15) is 0 Å². The summed E-state index contributed by atoms with van der Waals surface area (Å²) in [5.41, 5.74) is 7.81. The van der Waals surface area contributed by atoms with Gasteiger partial charge >= 0.3 is 0 Å². The number of halogens is 1. The largest absolute Gasteiger partial charge is 0.389 e. The van der Waals surface area contributed by atoms with Crippen molar-refractivity contribution < 1.29 is 0 Å². The lowest BCUT2D eigenvalue weighted by atomic mass is 9.78. The topological polar surface area (TPSA) is 38.0 Å². The van der Waals surface area contributed by atoms with Gasteiger partial charge in [0.2, 0.25) is 0 Å². The fourth-order valence-corrected chi connectivity index (χ4v) is 3.81. The lowest BCUT2D eigenvalue weighted by Crippen LogP contribution is -2.35. The lowest BCUT2D eigenvalue weighted by Gasteiger charge is -2.35. The maximum Gasteiger partial charge on any atom is 0.107 e. The van der Waals surface area contributed by atoms with Gasteiger partial charge < -0.3 is 11.1 Å². The number of hydrogen-bond acceptors (Lipinski definition) is 2. The van der Waals surface area contributed by atoms with Crippen molar-refractivity contribution in [3.8, 4) is 0 Å². The summed E-state index contributed by atoms with van der Waals surface area (Å²) in [6.07, 6.45) is 3.84. The Labute approximate surface area is 129 Å². The smallest absolute Gasteiger partial charge is 0.107 e. The molecule has 3 atom stereocenters. The molecule has 0 radical (unpaired) electrons. The second kappa shape index (κ2) is 6.23. The van der Waals surface area contributed by atoms with Crippen LogP contribution in [0.1, 0.15) is 38.7 Å². The minimum absolute atomic E-state index is 0.437. The fourth-order valence-electron chi connectivity index (χ4n) is 2.88. The zero-order valence-corrected chi connectivity index (χ0v) is 13.9. The molecule has 19 heavy (non-hydrogen) atoms. The zero-order valence-electron chi connectivity index (χ0n) is 11.4. The average molecular weight is 341 g/mol. The van der Waals surface area contributed by atoms with Gasteiger partial charge in [-0.1, -0.05) is 45.0 Å². The highest BCUT2D eigenvalue weighted by atomic mass is 79.9. The van der Waals surface area contributed by atoms with E-state index < -0.39 is 0 Å². The number of nitrogens with one attached hydrogen (secondary N) is 1. The molecule has 0 saturated heterocycles. The molecule has 1 aliphatic rings. The maximum atomic E-state index is 5.84. The SMILES string of the molecule is CC1CCCC(Nc2cccc(Br)c2C(N)=S)C1C. The summed E-state index contributed by atoms with van der Waals surface area (Å²) in [6.45, 7) is 4.67. The molecule has 0 spiro atoms. The van der Waals surface area contributed by atoms with E-state index in [0.717, 1.165) is 21.6 Å². The molecule has 1 fully saturated rings. The summed E-state index contributed by atoms with van der Waals surface area (Å²) < 4.78 is 0.960. The molecule has 104 valence electrons. The monoisotopic (exact) mass is 340 g/mol. The van der Waals surface area contributed by atoms with Crippen molar-refractivity contribution in [3.05, 3.63) is 28.2 Å². The minimum Gasteiger partial charge on any atom is -0.389 e. The van der Waals surface area contributed by atoms with Crippen molar-refractivity contribution in [2.45, 2.75) is 39.2 Å². The first-order valence-electron chi connectivity index (χ1n) is 6.85. The molecule has 0 heterocycles. The van der Waals surface area contributed by atoms with Crippen LogP contribution in [0, 0.1) is 11.8 Å². The Hall–Kier alpha value is -0.610. The molecular weight excluding hydrogens is 320 g/mol. The van der Waals surface area contributed by atoms with Gasteiger partial charge in [0.05, 0.1) is 0 Å². The Morgan fingerprint density at radius 2 is 2.11 bits per heavy atom. The van der Waals surface area contributed by atoms with Crippen LogP contribution in [-0.4, -0.2) is 11.0 Å². The van der Waals surface area contributed by atoms with Gasteiger partial charge in [0.25, 0.3) is 0 Å². The normalized spacial score (nSPS) is 27.0. The van der Waals surface area contributed by atoms with E-state index in [1.807, 2.05) is 12.1 Å². The maximum absolute atomic E-state index is 5.84. The molecule has 1 aliphatic carbocycles. The first-order valence-corrected chi connectivity index (χ1v) is 8.05. The molecule has 1 aromatic carbocycles. The highest BCUT2D eigenvalue weighted by Crippen LogP contribution is 2.33. The predicted molar refractivity (Wildman–Crippen MR) is 89.6 cm³/mol.